The summed E-state index contributed by atoms with van der Waals surface area (Å²) < 4.78 is 75.8. The molecule has 1 aliphatic rings. The maximum atomic E-state index is 13.3. The first-order valence-electron chi connectivity index (χ1n) is 12.3. The predicted molar refractivity (Wildman–Crippen MR) is 134 cm³/mol. The van der Waals surface area contributed by atoms with Crippen LogP contribution in [0.5, 0.6) is 5.88 Å². The van der Waals surface area contributed by atoms with E-state index >= 15 is 0 Å². The molecule has 0 aliphatic heterocycles. The molecule has 208 valence electrons. The van der Waals surface area contributed by atoms with Crippen LogP contribution < -0.4 is 4.74 Å². The Morgan fingerprint density at radius 1 is 1.07 bits per heavy atom. The molecule has 0 bridgehead atoms. The van der Waals surface area contributed by atoms with Crippen molar-refractivity contribution in [1.82, 2.24) is 39.3 Å². The molecular weight excluding hydrogens is 602 g/mol. The molecule has 0 atom stereocenters. The fourth-order valence-corrected chi connectivity index (χ4v) is 6.44. The first kappa shape index (κ1) is 26.5. The molecule has 1 fully saturated rings. The second-order valence-electron chi connectivity index (χ2n) is 9.58. The predicted octanol–water partition coefficient (Wildman–Crippen LogP) is 5.33. The summed E-state index contributed by atoms with van der Waals surface area (Å²) in [6, 6.07) is 3.45. The van der Waals surface area contributed by atoms with Gasteiger partial charge in [-0.3, -0.25) is 0 Å². The third kappa shape index (κ3) is 5.10. The summed E-state index contributed by atoms with van der Waals surface area (Å²) in [6.45, 7) is 0.862. The van der Waals surface area contributed by atoms with E-state index < -0.39 is 18.5 Å². The van der Waals surface area contributed by atoms with Crippen LogP contribution in [-0.4, -0.2) is 60.4 Å². The molecule has 0 radical (unpaired) electrons. The number of ether oxygens (including phenoxy) is 1. The minimum atomic E-state index is -4.54. The first-order chi connectivity index (χ1) is 19.1. The molecule has 0 amide bonds. The van der Waals surface area contributed by atoms with E-state index in [1.165, 1.54) is 10.9 Å². The van der Waals surface area contributed by atoms with E-state index in [4.69, 9.17) is 0 Å². The van der Waals surface area contributed by atoms with Gasteiger partial charge in [0.25, 0.3) is 0 Å². The number of hydrogen-bond donors (Lipinski definition) is 0. The normalized spacial score (nSPS) is 14.1. The van der Waals surface area contributed by atoms with Crippen molar-refractivity contribution >= 4 is 25.5 Å². The van der Waals surface area contributed by atoms with Gasteiger partial charge in [0.2, 0.25) is 0 Å². The van der Waals surface area contributed by atoms with Gasteiger partial charge >= 0.3 is 230 Å². The number of hydrogen-bond acceptors (Lipinski definition) is 7. The van der Waals surface area contributed by atoms with Gasteiger partial charge < -0.3 is 0 Å². The van der Waals surface area contributed by atoms with Crippen molar-refractivity contribution in [3.63, 3.8) is 0 Å². The standard InChI is InChI=1S/C25H21F5N8OSe/c1-12(2)37-10-17(25(28,29)30)35-22(37)16-6-5-15(40-16)9-38-21-14(8-34-38)7-31-20(36-21)18-19(13-3-4-13)32-11-33-23(18)39-24(26)27/h5-8,10-13,24H,3-4,9H2,1-2H3. The molecule has 5 aromatic rings. The molecule has 0 aromatic carbocycles. The Labute approximate surface area is 229 Å². The molecule has 40 heavy (non-hydrogen) atoms. The van der Waals surface area contributed by atoms with E-state index in [0.29, 0.717) is 29.1 Å². The van der Waals surface area contributed by atoms with Crippen LogP contribution in [0.15, 0.2) is 37.1 Å². The van der Waals surface area contributed by atoms with Crippen molar-refractivity contribution in [1.29, 1.82) is 0 Å². The summed E-state index contributed by atoms with van der Waals surface area (Å²) in [7, 11) is 0. The van der Waals surface area contributed by atoms with Crippen LogP contribution in [0.25, 0.3) is 32.7 Å². The van der Waals surface area contributed by atoms with E-state index in [1.54, 1.807) is 37.0 Å². The molecule has 5 aromatic heterocycles. The first-order valence-corrected chi connectivity index (χ1v) is 14.0. The van der Waals surface area contributed by atoms with Crippen LogP contribution in [0.2, 0.25) is 0 Å². The van der Waals surface area contributed by atoms with Crippen LogP contribution in [0.1, 0.15) is 54.5 Å². The van der Waals surface area contributed by atoms with Crippen molar-refractivity contribution in [3.8, 4) is 27.5 Å². The van der Waals surface area contributed by atoms with E-state index in [1.807, 2.05) is 6.07 Å². The molecule has 9 nitrogen and oxygen atoms in total. The van der Waals surface area contributed by atoms with Gasteiger partial charge in [-0.15, -0.1) is 0 Å². The van der Waals surface area contributed by atoms with Gasteiger partial charge in [0, 0.05) is 0 Å². The Hall–Kier alpha value is -3.71. The topological polar surface area (TPSA) is 96.4 Å². The van der Waals surface area contributed by atoms with Crippen molar-refractivity contribution in [3.05, 3.63) is 52.9 Å². The summed E-state index contributed by atoms with van der Waals surface area (Å²) >= 11 is -0.306. The average molecular weight is 623 g/mol. The van der Waals surface area contributed by atoms with E-state index in [9.17, 15) is 22.0 Å². The SMILES string of the molecule is CC(C)n1cc(C(F)(F)F)nc1-c1ccc(Cn2ncc3cnc(-c4c(OC(F)F)ncnc4C4CC4)nc32)[se]1. The average Bonchev–Trinajstić information content (AvgIpc) is 3.28. The summed E-state index contributed by atoms with van der Waals surface area (Å²) in [6.07, 6.45) is 2.57. The Bertz CT molecular complexity index is 1690. The summed E-state index contributed by atoms with van der Waals surface area (Å²) in [5, 5.41) is 5.06. The number of fused-ring (bicyclic) bond motifs is 1. The zero-order valence-electron chi connectivity index (χ0n) is 21.1. The summed E-state index contributed by atoms with van der Waals surface area (Å²) in [5.74, 6) is 0.253. The van der Waals surface area contributed by atoms with Gasteiger partial charge in [0.1, 0.15) is 0 Å². The zero-order valence-corrected chi connectivity index (χ0v) is 22.8. The Morgan fingerprint density at radius 2 is 1.88 bits per heavy atom. The Kier molecular flexibility index (Phi) is 6.65. The Morgan fingerprint density at radius 3 is 2.58 bits per heavy atom. The molecule has 0 saturated heterocycles. The van der Waals surface area contributed by atoms with Gasteiger partial charge in [0.05, 0.1) is 0 Å². The summed E-state index contributed by atoms with van der Waals surface area (Å²) in [4.78, 5) is 21.1. The fraction of sp³-hybridized carbons (Fsp3) is 0.360. The van der Waals surface area contributed by atoms with Gasteiger partial charge in [-0.2, -0.15) is 0 Å². The van der Waals surface area contributed by atoms with Gasteiger partial charge in [0.15, 0.2) is 0 Å². The van der Waals surface area contributed by atoms with Crippen molar-refractivity contribution in [2.45, 2.75) is 58.0 Å². The maximum absolute atomic E-state index is 13.3. The Balaban J connectivity index is 1.35. The van der Waals surface area contributed by atoms with E-state index in [-0.39, 0.29) is 43.7 Å². The number of alkyl halides is 5. The van der Waals surface area contributed by atoms with Crippen LogP contribution in [0.3, 0.4) is 0 Å². The molecule has 0 N–H and O–H groups in total. The molecule has 0 unspecified atom stereocenters. The minimum absolute atomic E-state index is 0.0920. The van der Waals surface area contributed by atoms with Crippen LogP contribution >= 0.6 is 0 Å². The van der Waals surface area contributed by atoms with Crippen molar-refractivity contribution in [2.24, 2.45) is 0 Å². The fourth-order valence-electron chi connectivity index (χ4n) is 4.37. The van der Waals surface area contributed by atoms with Gasteiger partial charge in [-0.05, 0) is 0 Å². The molecule has 6 rings (SSSR count). The number of aromatic nitrogens is 8. The molecule has 0 spiro atoms. The zero-order chi connectivity index (χ0) is 28.2. The van der Waals surface area contributed by atoms with E-state index in [0.717, 1.165) is 27.9 Å². The molecular formula is C25H21F5N8OSe. The summed E-state index contributed by atoms with van der Waals surface area (Å²) in [5.41, 5.74) is 0.334. The van der Waals surface area contributed by atoms with Crippen LogP contribution in [-0.2, 0) is 12.7 Å². The third-order valence-corrected chi connectivity index (χ3v) is 8.61. The van der Waals surface area contributed by atoms with Crippen molar-refractivity contribution < 1.29 is 26.7 Å². The van der Waals surface area contributed by atoms with Gasteiger partial charge in [-0.1, -0.05) is 0 Å². The van der Waals surface area contributed by atoms with E-state index in [2.05, 4.69) is 34.8 Å². The number of nitrogens with zero attached hydrogens (tertiary/aromatic N) is 8. The van der Waals surface area contributed by atoms with Crippen LogP contribution in [0, 0.1) is 0 Å². The molecule has 1 saturated carbocycles. The van der Waals surface area contributed by atoms with Crippen LogP contribution in [0.4, 0.5) is 22.0 Å². The number of rotatable bonds is 8. The molecule has 15 heteroatoms. The van der Waals surface area contributed by atoms with Crippen molar-refractivity contribution in [2.75, 3.05) is 0 Å². The third-order valence-electron chi connectivity index (χ3n) is 6.37. The second-order valence-corrected chi connectivity index (χ2v) is 12.0. The number of halogens is 5. The van der Waals surface area contributed by atoms with Gasteiger partial charge in [-0.25, -0.2) is 0 Å². The number of imidazole rings is 1. The quantitative estimate of drug-likeness (QED) is 0.170. The molecule has 5 heterocycles. The molecule has 1 aliphatic carbocycles. The monoisotopic (exact) mass is 624 g/mol. The second kappa shape index (κ2) is 10.0.